The second-order valence-electron chi connectivity index (χ2n) is 7.80. The maximum atomic E-state index is 12.4. The number of carbonyl (C=O) groups excluding carboxylic acids is 2. The fraction of sp³-hybridized carbons (Fsp3) is 0.429. The molecule has 152 valence electrons. The van der Waals surface area contributed by atoms with Gasteiger partial charge in [0, 0.05) is 36.6 Å². The van der Waals surface area contributed by atoms with Crippen LogP contribution < -0.4 is 15.5 Å². The Morgan fingerprint density at radius 3 is 2.45 bits per heavy atom. The van der Waals surface area contributed by atoms with Crippen LogP contribution in [0.2, 0.25) is 0 Å². The minimum absolute atomic E-state index is 0.0198. The first kappa shape index (κ1) is 19.3. The summed E-state index contributed by atoms with van der Waals surface area (Å²) in [5.41, 5.74) is 1.31. The Hall–Kier alpha value is -3.00. The summed E-state index contributed by atoms with van der Waals surface area (Å²) in [7, 11) is 2.10. The number of nitrogens with one attached hydrogen (secondary N) is 2. The molecule has 2 aliphatic heterocycles. The first-order chi connectivity index (χ1) is 14.1. The first-order valence-corrected chi connectivity index (χ1v) is 10.0. The smallest absolute Gasteiger partial charge is 0.251 e. The van der Waals surface area contributed by atoms with E-state index in [4.69, 9.17) is 0 Å². The van der Waals surface area contributed by atoms with E-state index in [1.54, 1.807) is 30.5 Å². The number of hydrogen-bond acceptors (Lipinski definition) is 6. The predicted octanol–water partition coefficient (Wildman–Crippen LogP) is 1.38. The zero-order chi connectivity index (χ0) is 20.2. The van der Waals surface area contributed by atoms with Crippen molar-refractivity contribution in [2.75, 3.05) is 43.4 Å². The zero-order valence-corrected chi connectivity index (χ0v) is 16.5. The maximum Gasteiger partial charge on any atom is 0.251 e. The molecular formula is C21H26N6O2. The second-order valence-corrected chi connectivity index (χ2v) is 7.80. The molecule has 2 fully saturated rings. The number of piperidine rings is 1. The Labute approximate surface area is 170 Å². The number of benzene rings is 1. The molecule has 2 saturated heterocycles. The normalized spacial score (nSPS) is 18.2. The lowest BCUT2D eigenvalue weighted by molar-refractivity contribution is -0.120. The number of amides is 2. The van der Waals surface area contributed by atoms with Crippen molar-refractivity contribution in [1.29, 1.82) is 0 Å². The summed E-state index contributed by atoms with van der Waals surface area (Å²) in [6.07, 6.45) is 3.58. The minimum Gasteiger partial charge on any atom is -0.353 e. The van der Waals surface area contributed by atoms with Crippen LogP contribution in [0.1, 0.15) is 23.2 Å². The van der Waals surface area contributed by atoms with Crippen molar-refractivity contribution in [3.63, 3.8) is 0 Å². The third-order valence-corrected chi connectivity index (χ3v) is 5.60. The van der Waals surface area contributed by atoms with E-state index in [1.165, 1.54) is 0 Å². The third-order valence-electron chi connectivity index (χ3n) is 5.60. The highest BCUT2D eigenvalue weighted by atomic mass is 16.2. The average Bonchev–Trinajstić information content (AvgIpc) is 2.70. The molecule has 0 unspecified atom stereocenters. The van der Waals surface area contributed by atoms with Crippen LogP contribution in [0.4, 0.5) is 11.5 Å². The molecule has 8 nitrogen and oxygen atoms in total. The number of anilines is 2. The number of likely N-dealkylation sites (tertiary alicyclic amines) is 1. The molecule has 2 aromatic rings. The van der Waals surface area contributed by atoms with Crippen LogP contribution in [-0.4, -0.2) is 66.2 Å². The van der Waals surface area contributed by atoms with Crippen molar-refractivity contribution < 1.29 is 9.59 Å². The Morgan fingerprint density at radius 2 is 1.79 bits per heavy atom. The molecular weight excluding hydrogens is 368 g/mol. The molecule has 0 radical (unpaired) electrons. The molecule has 0 saturated carbocycles. The molecule has 4 rings (SSSR count). The molecule has 0 bridgehead atoms. The standard InChI is InChI=1S/C21H26N6O2/c1-26-11-8-18(9-12-26)24-20(28)15-4-6-17(7-5-15)23-21(29)16-13-27(14-16)19-3-2-10-22-25-19/h2-7,10,16,18H,8-9,11-14H2,1H3,(H,23,29)(H,24,28). The van der Waals surface area contributed by atoms with Crippen molar-refractivity contribution in [3.05, 3.63) is 48.2 Å². The van der Waals surface area contributed by atoms with Crippen LogP contribution in [-0.2, 0) is 4.79 Å². The molecule has 2 amide bonds. The van der Waals surface area contributed by atoms with Gasteiger partial charge in [0.2, 0.25) is 5.91 Å². The lowest BCUT2D eigenvalue weighted by Gasteiger charge is -2.38. The molecule has 8 heteroatoms. The van der Waals surface area contributed by atoms with E-state index >= 15 is 0 Å². The predicted molar refractivity (Wildman–Crippen MR) is 111 cm³/mol. The molecule has 1 aromatic heterocycles. The van der Waals surface area contributed by atoms with E-state index in [-0.39, 0.29) is 23.8 Å². The molecule has 1 aromatic carbocycles. The van der Waals surface area contributed by atoms with Gasteiger partial charge in [-0.2, -0.15) is 5.10 Å². The van der Waals surface area contributed by atoms with E-state index < -0.39 is 0 Å². The molecule has 0 atom stereocenters. The van der Waals surface area contributed by atoms with E-state index in [9.17, 15) is 9.59 Å². The summed E-state index contributed by atoms with van der Waals surface area (Å²) in [6.45, 7) is 3.26. The third kappa shape index (κ3) is 4.71. The quantitative estimate of drug-likeness (QED) is 0.796. The van der Waals surface area contributed by atoms with Gasteiger partial charge in [-0.15, -0.1) is 5.10 Å². The van der Waals surface area contributed by atoms with Crippen LogP contribution in [0.5, 0.6) is 0 Å². The van der Waals surface area contributed by atoms with E-state index in [2.05, 4.69) is 32.8 Å². The highest BCUT2D eigenvalue weighted by molar-refractivity contribution is 5.97. The van der Waals surface area contributed by atoms with Gasteiger partial charge in [-0.1, -0.05) is 0 Å². The van der Waals surface area contributed by atoms with Crippen LogP contribution in [0.25, 0.3) is 0 Å². The summed E-state index contributed by atoms with van der Waals surface area (Å²) < 4.78 is 0. The number of carbonyl (C=O) groups is 2. The SMILES string of the molecule is CN1CCC(NC(=O)c2ccc(NC(=O)C3CN(c4cccnn4)C3)cc2)CC1. The number of aromatic nitrogens is 2. The van der Waals surface area contributed by atoms with Crippen molar-refractivity contribution >= 4 is 23.3 Å². The fourth-order valence-electron chi connectivity index (χ4n) is 3.66. The van der Waals surface area contributed by atoms with Crippen molar-refractivity contribution in [2.45, 2.75) is 18.9 Å². The van der Waals surface area contributed by atoms with Gasteiger partial charge in [0.1, 0.15) is 0 Å². The Bertz CT molecular complexity index is 843. The molecule has 0 spiro atoms. The topological polar surface area (TPSA) is 90.5 Å². The van der Waals surface area contributed by atoms with Crippen molar-refractivity contribution in [1.82, 2.24) is 20.4 Å². The highest BCUT2D eigenvalue weighted by Gasteiger charge is 2.33. The molecule has 2 N–H and O–H groups in total. The van der Waals surface area contributed by atoms with Crippen molar-refractivity contribution in [2.24, 2.45) is 5.92 Å². The largest absolute Gasteiger partial charge is 0.353 e. The van der Waals surface area contributed by atoms with Crippen LogP contribution >= 0.6 is 0 Å². The van der Waals surface area contributed by atoms with Crippen LogP contribution in [0.15, 0.2) is 42.6 Å². The number of hydrogen-bond donors (Lipinski definition) is 2. The van der Waals surface area contributed by atoms with Gasteiger partial charge in [0.15, 0.2) is 5.82 Å². The lowest BCUT2D eigenvalue weighted by Crippen LogP contribution is -2.52. The summed E-state index contributed by atoms with van der Waals surface area (Å²) >= 11 is 0. The minimum atomic E-state index is -0.0792. The van der Waals surface area contributed by atoms with Gasteiger partial charge in [0.25, 0.3) is 5.91 Å². The summed E-state index contributed by atoms with van der Waals surface area (Å²) in [5, 5.41) is 13.9. The zero-order valence-electron chi connectivity index (χ0n) is 16.5. The summed E-state index contributed by atoms with van der Waals surface area (Å²) in [4.78, 5) is 29.2. The number of nitrogens with zero attached hydrogens (tertiary/aromatic N) is 4. The van der Waals surface area contributed by atoms with Gasteiger partial charge in [-0.05, 0) is 69.4 Å². The molecule has 2 aliphatic rings. The van der Waals surface area contributed by atoms with Gasteiger partial charge in [-0.25, -0.2) is 0 Å². The van der Waals surface area contributed by atoms with Gasteiger partial charge in [0.05, 0.1) is 5.92 Å². The summed E-state index contributed by atoms with van der Waals surface area (Å²) in [5.74, 6) is 0.630. The monoisotopic (exact) mass is 394 g/mol. The second kappa shape index (κ2) is 8.57. The highest BCUT2D eigenvalue weighted by Crippen LogP contribution is 2.23. The van der Waals surface area contributed by atoms with Gasteiger partial charge < -0.3 is 20.4 Å². The maximum absolute atomic E-state index is 12.4. The van der Waals surface area contributed by atoms with Crippen LogP contribution in [0.3, 0.4) is 0 Å². The van der Waals surface area contributed by atoms with Crippen LogP contribution in [0, 0.1) is 5.92 Å². The van der Waals surface area contributed by atoms with Gasteiger partial charge in [-0.3, -0.25) is 9.59 Å². The van der Waals surface area contributed by atoms with E-state index in [1.807, 2.05) is 17.0 Å². The van der Waals surface area contributed by atoms with E-state index in [0.717, 1.165) is 31.7 Å². The molecule has 29 heavy (non-hydrogen) atoms. The number of rotatable bonds is 5. The Kier molecular flexibility index (Phi) is 5.71. The van der Waals surface area contributed by atoms with Gasteiger partial charge >= 0.3 is 0 Å². The Balaban J connectivity index is 1.25. The average molecular weight is 394 g/mol. The molecule has 3 heterocycles. The first-order valence-electron chi connectivity index (χ1n) is 10.0. The fourth-order valence-corrected chi connectivity index (χ4v) is 3.66. The Morgan fingerprint density at radius 1 is 1.07 bits per heavy atom. The lowest BCUT2D eigenvalue weighted by atomic mass is 9.99. The van der Waals surface area contributed by atoms with E-state index in [0.29, 0.717) is 24.3 Å². The molecule has 0 aliphatic carbocycles. The summed E-state index contributed by atoms with van der Waals surface area (Å²) in [6, 6.07) is 11.0. The van der Waals surface area contributed by atoms with Crippen molar-refractivity contribution in [3.8, 4) is 0 Å².